The third-order valence-corrected chi connectivity index (χ3v) is 3.40. The number of carbonyl (C=O) groups is 1. The fourth-order valence-corrected chi connectivity index (χ4v) is 2.22. The highest BCUT2D eigenvalue weighted by molar-refractivity contribution is 5.77. The highest BCUT2D eigenvalue weighted by atomic mass is 16.5. The zero-order valence-corrected chi connectivity index (χ0v) is 14.1. The zero-order chi connectivity index (χ0) is 17.2. The number of benzene rings is 2. The SMILES string of the molecule is CCOc1ccc(OCC(=O)NCc2ccccc2COC)cc1. The summed E-state index contributed by atoms with van der Waals surface area (Å²) in [4.78, 5) is 11.9. The van der Waals surface area contributed by atoms with Crippen molar-refractivity contribution in [3.05, 3.63) is 59.7 Å². The van der Waals surface area contributed by atoms with E-state index in [4.69, 9.17) is 14.2 Å². The van der Waals surface area contributed by atoms with Gasteiger partial charge in [0, 0.05) is 13.7 Å². The molecule has 2 aromatic rings. The van der Waals surface area contributed by atoms with Gasteiger partial charge in [0.15, 0.2) is 6.61 Å². The van der Waals surface area contributed by atoms with E-state index in [9.17, 15) is 4.79 Å². The van der Waals surface area contributed by atoms with Gasteiger partial charge in [-0.3, -0.25) is 4.79 Å². The van der Waals surface area contributed by atoms with E-state index in [0.717, 1.165) is 16.9 Å². The summed E-state index contributed by atoms with van der Waals surface area (Å²) >= 11 is 0. The van der Waals surface area contributed by atoms with Crippen LogP contribution < -0.4 is 14.8 Å². The second kappa shape index (κ2) is 9.57. The highest BCUT2D eigenvalue weighted by Gasteiger charge is 2.06. The quantitative estimate of drug-likeness (QED) is 0.768. The van der Waals surface area contributed by atoms with Crippen LogP contribution >= 0.6 is 0 Å². The Morgan fingerprint density at radius 1 is 0.958 bits per heavy atom. The minimum Gasteiger partial charge on any atom is -0.494 e. The Morgan fingerprint density at radius 2 is 1.58 bits per heavy atom. The molecule has 0 bridgehead atoms. The molecule has 0 fully saturated rings. The molecule has 0 heterocycles. The number of hydrogen-bond acceptors (Lipinski definition) is 4. The van der Waals surface area contributed by atoms with E-state index < -0.39 is 0 Å². The zero-order valence-electron chi connectivity index (χ0n) is 14.1. The van der Waals surface area contributed by atoms with Gasteiger partial charge in [-0.2, -0.15) is 0 Å². The van der Waals surface area contributed by atoms with Crippen molar-refractivity contribution in [3.63, 3.8) is 0 Å². The smallest absolute Gasteiger partial charge is 0.258 e. The lowest BCUT2D eigenvalue weighted by atomic mass is 10.1. The van der Waals surface area contributed by atoms with Gasteiger partial charge in [0.1, 0.15) is 11.5 Å². The van der Waals surface area contributed by atoms with E-state index in [1.54, 1.807) is 19.2 Å². The summed E-state index contributed by atoms with van der Waals surface area (Å²) in [5.74, 6) is 1.24. The monoisotopic (exact) mass is 329 g/mol. The van der Waals surface area contributed by atoms with Gasteiger partial charge in [-0.1, -0.05) is 24.3 Å². The average molecular weight is 329 g/mol. The Morgan fingerprint density at radius 3 is 2.21 bits per heavy atom. The molecule has 2 rings (SSSR count). The van der Waals surface area contributed by atoms with E-state index >= 15 is 0 Å². The average Bonchev–Trinajstić information content (AvgIpc) is 2.61. The first kappa shape index (κ1) is 17.8. The van der Waals surface area contributed by atoms with Crippen molar-refractivity contribution in [1.82, 2.24) is 5.32 Å². The molecule has 0 aliphatic rings. The molecule has 0 saturated heterocycles. The van der Waals surface area contributed by atoms with Crippen molar-refractivity contribution in [2.24, 2.45) is 0 Å². The van der Waals surface area contributed by atoms with Gasteiger partial charge in [0.2, 0.25) is 0 Å². The summed E-state index contributed by atoms with van der Waals surface area (Å²) in [6.45, 7) is 3.49. The first-order chi connectivity index (χ1) is 11.7. The molecule has 0 aliphatic carbocycles. The lowest BCUT2D eigenvalue weighted by Gasteiger charge is -2.11. The largest absolute Gasteiger partial charge is 0.494 e. The summed E-state index contributed by atoms with van der Waals surface area (Å²) < 4.78 is 16.0. The summed E-state index contributed by atoms with van der Waals surface area (Å²) in [6, 6.07) is 15.1. The summed E-state index contributed by atoms with van der Waals surface area (Å²) in [5, 5.41) is 2.86. The molecule has 5 nitrogen and oxygen atoms in total. The number of nitrogens with one attached hydrogen (secondary N) is 1. The van der Waals surface area contributed by atoms with E-state index in [2.05, 4.69) is 5.32 Å². The van der Waals surface area contributed by atoms with Gasteiger partial charge in [0.05, 0.1) is 13.2 Å². The van der Waals surface area contributed by atoms with Gasteiger partial charge < -0.3 is 19.5 Å². The molecule has 128 valence electrons. The Kier molecular flexibility index (Phi) is 7.11. The van der Waals surface area contributed by atoms with Crippen molar-refractivity contribution in [2.75, 3.05) is 20.3 Å². The van der Waals surface area contributed by atoms with Gasteiger partial charge in [-0.25, -0.2) is 0 Å². The third-order valence-electron chi connectivity index (χ3n) is 3.40. The molecule has 1 N–H and O–H groups in total. The number of amides is 1. The first-order valence-electron chi connectivity index (χ1n) is 7.91. The highest BCUT2D eigenvalue weighted by Crippen LogP contribution is 2.17. The molecule has 0 unspecified atom stereocenters. The van der Waals surface area contributed by atoms with E-state index in [-0.39, 0.29) is 12.5 Å². The topological polar surface area (TPSA) is 56.8 Å². The van der Waals surface area contributed by atoms with E-state index in [1.807, 2.05) is 43.3 Å². The van der Waals surface area contributed by atoms with Crippen LogP contribution in [0.2, 0.25) is 0 Å². The fourth-order valence-electron chi connectivity index (χ4n) is 2.22. The number of carbonyl (C=O) groups excluding carboxylic acids is 1. The van der Waals surface area contributed by atoms with E-state index in [0.29, 0.717) is 25.5 Å². The van der Waals surface area contributed by atoms with Crippen molar-refractivity contribution < 1.29 is 19.0 Å². The molecule has 0 atom stereocenters. The molecule has 5 heteroatoms. The maximum Gasteiger partial charge on any atom is 0.258 e. The first-order valence-corrected chi connectivity index (χ1v) is 7.91. The normalized spacial score (nSPS) is 10.2. The minimum atomic E-state index is -0.170. The molecule has 0 radical (unpaired) electrons. The van der Waals surface area contributed by atoms with Crippen LogP contribution in [0.1, 0.15) is 18.1 Å². The van der Waals surface area contributed by atoms with Crippen molar-refractivity contribution in [2.45, 2.75) is 20.1 Å². The van der Waals surface area contributed by atoms with Crippen LogP contribution in [0.4, 0.5) is 0 Å². The van der Waals surface area contributed by atoms with Gasteiger partial charge in [-0.05, 0) is 42.3 Å². The number of hydrogen-bond donors (Lipinski definition) is 1. The molecule has 0 spiro atoms. The predicted octanol–water partition coefficient (Wildman–Crippen LogP) is 2.93. The molecular weight excluding hydrogens is 306 g/mol. The Balaban J connectivity index is 1.79. The summed E-state index contributed by atoms with van der Waals surface area (Å²) in [7, 11) is 1.65. The molecule has 0 aliphatic heterocycles. The molecule has 0 aromatic heterocycles. The maximum absolute atomic E-state index is 11.9. The third kappa shape index (κ3) is 5.59. The van der Waals surface area contributed by atoms with Gasteiger partial charge in [-0.15, -0.1) is 0 Å². The number of methoxy groups -OCH3 is 1. The van der Waals surface area contributed by atoms with Crippen LogP contribution in [-0.4, -0.2) is 26.2 Å². The predicted molar refractivity (Wildman–Crippen MR) is 92.1 cm³/mol. The van der Waals surface area contributed by atoms with Crippen molar-refractivity contribution in [3.8, 4) is 11.5 Å². The van der Waals surface area contributed by atoms with E-state index in [1.165, 1.54) is 0 Å². The molecule has 1 amide bonds. The summed E-state index contributed by atoms with van der Waals surface area (Å²) in [6.07, 6.45) is 0. The standard InChI is InChI=1S/C19H23NO4/c1-3-23-17-8-10-18(11-9-17)24-14-19(21)20-12-15-6-4-5-7-16(15)13-22-2/h4-11H,3,12-14H2,1-2H3,(H,20,21). The van der Waals surface area contributed by atoms with Crippen molar-refractivity contribution in [1.29, 1.82) is 0 Å². The lowest BCUT2D eigenvalue weighted by Crippen LogP contribution is -2.28. The minimum absolute atomic E-state index is 0.0274. The van der Waals surface area contributed by atoms with Crippen LogP contribution in [0.3, 0.4) is 0 Å². The molecule has 24 heavy (non-hydrogen) atoms. The van der Waals surface area contributed by atoms with Crippen molar-refractivity contribution >= 4 is 5.91 Å². The number of rotatable bonds is 9. The molecule has 0 saturated carbocycles. The van der Waals surface area contributed by atoms with Crippen LogP contribution in [0.15, 0.2) is 48.5 Å². The Hall–Kier alpha value is -2.53. The second-order valence-corrected chi connectivity index (χ2v) is 5.17. The Labute approximate surface area is 142 Å². The Bertz CT molecular complexity index is 640. The maximum atomic E-state index is 11.9. The van der Waals surface area contributed by atoms with Crippen LogP contribution in [0, 0.1) is 0 Å². The van der Waals surface area contributed by atoms with Gasteiger partial charge in [0.25, 0.3) is 5.91 Å². The number of ether oxygens (including phenoxy) is 3. The second-order valence-electron chi connectivity index (χ2n) is 5.17. The van der Waals surface area contributed by atoms with Crippen LogP contribution in [0.25, 0.3) is 0 Å². The van der Waals surface area contributed by atoms with Gasteiger partial charge >= 0.3 is 0 Å². The van der Waals surface area contributed by atoms with Crippen LogP contribution in [-0.2, 0) is 22.7 Å². The molecule has 2 aromatic carbocycles. The molecular formula is C19H23NO4. The lowest BCUT2D eigenvalue weighted by molar-refractivity contribution is -0.123. The fraction of sp³-hybridized carbons (Fsp3) is 0.316. The summed E-state index contributed by atoms with van der Waals surface area (Å²) in [5.41, 5.74) is 2.10. The van der Waals surface area contributed by atoms with Crippen LogP contribution in [0.5, 0.6) is 11.5 Å².